The number of aromatic hydroxyl groups is 1. The number of amides is 1. The summed E-state index contributed by atoms with van der Waals surface area (Å²) in [5.41, 5.74) is 10.2. The molecule has 0 saturated carbocycles. The zero-order valence-electron chi connectivity index (χ0n) is 15.1. The van der Waals surface area contributed by atoms with Crippen LogP contribution in [-0.4, -0.2) is 32.7 Å². The van der Waals surface area contributed by atoms with E-state index in [0.29, 0.717) is 17.9 Å². The number of benzene rings is 2. The van der Waals surface area contributed by atoms with Crippen LogP contribution in [0.15, 0.2) is 48.5 Å². The highest BCUT2D eigenvalue weighted by atomic mass is 16.3. The molecule has 1 atom stereocenters. The van der Waals surface area contributed by atoms with Gasteiger partial charge in [0.05, 0.1) is 17.4 Å². The van der Waals surface area contributed by atoms with E-state index in [4.69, 9.17) is 5.73 Å². The molecule has 0 spiro atoms. The first-order chi connectivity index (χ1) is 13.1. The van der Waals surface area contributed by atoms with Crippen molar-refractivity contribution < 1.29 is 9.90 Å². The number of nitrogen functional groups attached to an aromatic ring is 1. The van der Waals surface area contributed by atoms with Crippen LogP contribution in [0, 0.1) is 0 Å². The number of nitrogens with two attached hydrogens (primary N) is 1. The second kappa shape index (κ2) is 6.79. The third kappa shape index (κ3) is 2.83. The lowest BCUT2D eigenvalue weighted by atomic mass is 9.95. The second-order valence-electron chi connectivity index (χ2n) is 6.80. The maximum Gasteiger partial charge on any atom is 0.273 e. The fourth-order valence-electron chi connectivity index (χ4n) is 3.66. The van der Waals surface area contributed by atoms with Crippen molar-refractivity contribution >= 4 is 11.6 Å². The molecule has 0 radical (unpaired) electrons. The Morgan fingerprint density at radius 2 is 2.00 bits per heavy atom. The summed E-state index contributed by atoms with van der Waals surface area (Å²) < 4.78 is 0. The summed E-state index contributed by atoms with van der Waals surface area (Å²) in [5.74, 6) is -0.0105. The molecule has 0 bridgehead atoms. The highest BCUT2D eigenvalue weighted by molar-refractivity contribution is 6.00. The summed E-state index contributed by atoms with van der Waals surface area (Å²) in [6.45, 7) is 2.75. The Balaban J connectivity index is 1.87. The molecule has 2 aromatic carbocycles. The van der Waals surface area contributed by atoms with E-state index in [1.807, 2.05) is 41.3 Å². The van der Waals surface area contributed by atoms with Gasteiger partial charge in [-0.2, -0.15) is 5.10 Å². The number of phenols is 1. The van der Waals surface area contributed by atoms with Gasteiger partial charge in [0, 0.05) is 17.7 Å². The number of phenolic OH excluding ortho intramolecular Hbond substituents is 1. The van der Waals surface area contributed by atoms with Crippen LogP contribution in [0.25, 0.3) is 11.3 Å². The van der Waals surface area contributed by atoms with E-state index in [1.165, 1.54) is 0 Å². The maximum atomic E-state index is 13.1. The van der Waals surface area contributed by atoms with E-state index in [1.54, 1.807) is 12.1 Å². The molecule has 138 valence electrons. The average Bonchev–Trinajstić information content (AvgIpc) is 3.22. The van der Waals surface area contributed by atoms with Crippen LogP contribution in [0.1, 0.15) is 47.4 Å². The summed E-state index contributed by atoms with van der Waals surface area (Å²) in [4.78, 5) is 14.9. The highest BCUT2D eigenvalue weighted by Gasteiger charge is 2.41. The Morgan fingerprint density at radius 1 is 1.22 bits per heavy atom. The Morgan fingerprint density at radius 3 is 2.70 bits per heavy atom. The zero-order valence-corrected chi connectivity index (χ0v) is 15.1. The molecule has 4 N–H and O–H groups in total. The lowest BCUT2D eigenvalue weighted by Gasteiger charge is -2.26. The molecule has 1 unspecified atom stereocenters. The predicted molar refractivity (Wildman–Crippen MR) is 104 cm³/mol. The van der Waals surface area contributed by atoms with Crippen LogP contribution < -0.4 is 5.73 Å². The summed E-state index contributed by atoms with van der Waals surface area (Å²) >= 11 is 0. The van der Waals surface area contributed by atoms with Crippen LogP contribution in [-0.2, 0) is 0 Å². The zero-order chi connectivity index (χ0) is 19.0. The van der Waals surface area contributed by atoms with Gasteiger partial charge in [-0.1, -0.05) is 49.7 Å². The number of nitrogens with one attached hydrogen (secondary N) is 1. The molecule has 3 aromatic rings. The number of aromatic amines is 1. The fourth-order valence-corrected chi connectivity index (χ4v) is 3.66. The van der Waals surface area contributed by atoms with Crippen molar-refractivity contribution in [2.24, 2.45) is 0 Å². The lowest BCUT2D eigenvalue weighted by molar-refractivity contribution is 0.0741. The molecule has 0 saturated heterocycles. The molecule has 1 aromatic heterocycles. The van der Waals surface area contributed by atoms with Crippen LogP contribution in [0.4, 0.5) is 5.69 Å². The van der Waals surface area contributed by atoms with Gasteiger partial charge in [-0.25, -0.2) is 0 Å². The third-order valence-electron chi connectivity index (χ3n) is 5.03. The number of carbonyl (C=O) groups excluding carboxylic acids is 1. The number of hydrogen-bond donors (Lipinski definition) is 3. The van der Waals surface area contributed by atoms with Gasteiger partial charge < -0.3 is 15.7 Å². The second-order valence-corrected chi connectivity index (χ2v) is 6.80. The van der Waals surface area contributed by atoms with Gasteiger partial charge in [0.2, 0.25) is 0 Å². The van der Waals surface area contributed by atoms with Gasteiger partial charge in [0.1, 0.15) is 11.4 Å². The maximum absolute atomic E-state index is 13.1. The number of rotatable bonds is 5. The molecule has 0 fully saturated rings. The lowest BCUT2D eigenvalue weighted by Crippen LogP contribution is -2.30. The van der Waals surface area contributed by atoms with Crippen molar-refractivity contribution in [2.75, 3.05) is 12.3 Å². The van der Waals surface area contributed by atoms with Gasteiger partial charge in [0.25, 0.3) is 5.91 Å². The first-order valence-electron chi connectivity index (χ1n) is 9.14. The van der Waals surface area contributed by atoms with E-state index >= 15 is 0 Å². The average molecular weight is 362 g/mol. The first-order valence-corrected chi connectivity index (χ1v) is 9.14. The molecule has 0 aliphatic carbocycles. The van der Waals surface area contributed by atoms with Gasteiger partial charge >= 0.3 is 0 Å². The van der Waals surface area contributed by atoms with Gasteiger partial charge in [-0.3, -0.25) is 9.89 Å². The SMILES string of the molecule is CCCCN1C(=O)c2[nH]nc(-c3ccccc3)c2C1c1ccc(O)c(N)c1. The van der Waals surface area contributed by atoms with Gasteiger partial charge in [-0.15, -0.1) is 0 Å². The standard InChI is InChI=1S/C21H22N4O2/c1-2-3-11-25-20(14-9-10-16(26)15(22)12-14)17-18(13-7-5-4-6-8-13)23-24-19(17)21(25)27/h4-10,12,20,26H,2-3,11,22H2,1H3,(H,23,24). The summed E-state index contributed by atoms with van der Waals surface area (Å²) in [6.07, 6.45) is 1.90. The van der Waals surface area contributed by atoms with Crippen molar-refractivity contribution in [3.63, 3.8) is 0 Å². The smallest absolute Gasteiger partial charge is 0.273 e. The summed E-state index contributed by atoms with van der Waals surface area (Å²) in [5, 5.41) is 17.2. The van der Waals surface area contributed by atoms with Crippen molar-refractivity contribution in [1.29, 1.82) is 0 Å². The fraction of sp³-hybridized carbons (Fsp3) is 0.238. The summed E-state index contributed by atoms with van der Waals surface area (Å²) in [6, 6.07) is 14.7. The minimum atomic E-state index is -0.282. The normalized spacial score (nSPS) is 16.0. The summed E-state index contributed by atoms with van der Waals surface area (Å²) in [7, 11) is 0. The largest absolute Gasteiger partial charge is 0.506 e. The Kier molecular flexibility index (Phi) is 4.32. The van der Waals surface area contributed by atoms with Gasteiger partial charge in [-0.05, 0) is 24.1 Å². The molecule has 1 aliphatic rings. The number of nitrogens with zero attached hydrogens (tertiary/aromatic N) is 2. The molecule has 2 heterocycles. The number of hydrogen-bond acceptors (Lipinski definition) is 4. The van der Waals surface area contributed by atoms with Crippen LogP contribution >= 0.6 is 0 Å². The van der Waals surface area contributed by atoms with Crippen LogP contribution in [0.3, 0.4) is 0 Å². The monoisotopic (exact) mass is 362 g/mol. The van der Waals surface area contributed by atoms with Crippen LogP contribution in [0.5, 0.6) is 5.75 Å². The molecule has 27 heavy (non-hydrogen) atoms. The molecule has 6 nitrogen and oxygen atoms in total. The first kappa shape index (κ1) is 17.1. The van der Waals surface area contributed by atoms with E-state index in [9.17, 15) is 9.90 Å². The minimum absolute atomic E-state index is 0.0406. The highest BCUT2D eigenvalue weighted by Crippen LogP contribution is 2.43. The molecule has 4 rings (SSSR count). The van der Waals surface area contributed by atoms with E-state index in [-0.39, 0.29) is 17.7 Å². The van der Waals surface area contributed by atoms with E-state index in [2.05, 4.69) is 17.1 Å². The number of unbranched alkanes of at least 4 members (excludes halogenated alkanes) is 1. The Bertz CT molecular complexity index is 981. The van der Waals surface area contributed by atoms with E-state index in [0.717, 1.165) is 35.2 Å². The van der Waals surface area contributed by atoms with Crippen molar-refractivity contribution in [3.8, 4) is 17.0 Å². The Labute approximate surface area is 157 Å². The Hall–Kier alpha value is -3.28. The third-order valence-corrected chi connectivity index (χ3v) is 5.03. The predicted octanol–water partition coefficient (Wildman–Crippen LogP) is 3.71. The van der Waals surface area contributed by atoms with Crippen molar-refractivity contribution in [3.05, 3.63) is 65.4 Å². The number of carbonyl (C=O) groups is 1. The van der Waals surface area contributed by atoms with Crippen molar-refractivity contribution in [1.82, 2.24) is 15.1 Å². The molecular formula is C21H22N4O2. The van der Waals surface area contributed by atoms with Gasteiger partial charge in [0.15, 0.2) is 0 Å². The molecule has 1 amide bonds. The van der Waals surface area contributed by atoms with E-state index < -0.39 is 0 Å². The number of fused-ring (bicyclic) bond motifs is 1. The van der Waals surface area contributed by atoms with Crippen molar-refractivity contribution in [2.45, 2.75) is 25.8 Å². The number of H-pyrrole nitrogens is 1. The van der Waals surface area contributed by atoms with Crippen LogP contribution in [0.2, 0.25) is 0 Å². The molecule has 1 aliphatic heterocycles. The number of anilines is 1. The quantitative estimate of drug-likeness (QED) is 0.476. The number of aromatic nitrogens is 2. The molecule has 6 heteroatoms. The minimum Gasteiger partial charge on any atom is -0.506 e. The topological polar surface area (TPSA) is 95.2 Å². The molecular weight excluding hydrogens is 340 g/mol.